The van der Waals surface area contributed by atoms with Crippen LogP contribution in [0.2, 0.25) is 0 Å². The summed E-state index contributed by atoms with van der Waals surface area (Å²) < 4.78 is 13.1. The van der Waals surface area contributed by atoms with Gasteiger partial charge >= 0.3 is 0 Å². The normalized spacial score (nSPS) is 23.6. The van der Waals surface area contributed by atoms with Gasteiger partial charge < -0.3 is 10.2 Å². The van der Waals surface area contributed by atoms with Crippen LogP contribution < -0.4 is 5.32 Å². The minimum Gasteiger partial charge on any atom is -0.342 e. The van der Waals surface area contributed by atoms with Crippen molar-refractivity contribution in [2.75, 3.05) is 19.6 Å². The summed E-state index contributed by atoms with van der Waals surface area (Å²) in [5, 5.41) is 5.84. The highest BCUT2D eigenvalue weighted by atomic mass is 32.1. The van der Waals surface area contributed by atoms with Gasteiger partial charge in [-0.25, -0.2) is 9.37 Å². The van der Waals surface area contributed by atoms with Crippen molar-refractivity contribution in [3.05, 3.63) is 40.5 Å². The molecule has 6 nitrogen and oxygen atoms in total. The van der Waals surface area contributed by atoms with Gasteiger partial charge in [0, 0.05) is 30.6 Å². The van der Waals surface area contributed by atoms with E-state index in [2.05, 4.69) is 15.2 Å². The molecular weight excluding hydrogens is 391 g/mol. The Labute approximate surface area is 173 Å². The summed E-state index contributed by atoms with van der Waals surface area (Å²) in [6.45, 7) is 6.44. The number of benzene rings is 1. The number of fused-ring (bicyclic) bond motifs is 1. The number of carbonyl (C=O) groups is 2. The average molecular weight is 417 g/mol. The summed E-state index contributed by atoms with van der Waals surface area (Å²) in [5.41, 5.74) is 1.71. The monoisotopic (exact) mass is 416 g/mol. The fraction of sp³-hybridized carbons (Fsp3) is 0.476. The van der Waals surface area contributed by atoms with Gasteiger partial charge in [-0.2, -0.15) is 0 Å². The zero-order chi connectivity index (χ0) is 20.5. The fourth-order valence-electron chi connectivity index (χ4n) is 3.91. The van der Waals surface area contributed by atoms with Crippen LogP contribution in [0.1, 0.15) is 25.3 Å². The molecule has 4 rings (SSSR count). The third-order valence-corrected chi connectivity index (χ3v) is 6.71. The molecule has 0 unspecified atom stereocenters. The molecule has 3 atom stereocenters. The topological polar surface area (TPSA) is 65.5 Å². The summed E-state index contributed by atoms with van der Waals surface area (Å²) in [5.74, 6) is -0.161. The van der Waals surface area contributed by atoms with Gasteiger partial charge in [-0.3, -0.25) is 14.5 Å². The second-order valence-corrected chi connectivity index (χ2v) is 8.73. The molecule has 0 aliphatic carbocycles. The number of nitrogens with zero attached hydrogens (tertiary/aromatic N) is 3. The number of piperazine rings is 2. The minimum atomic E-state index is -0.437. The van der Waals surface area contributed by atoms with E-state index in [0.717, 1.165) is 22.7 Å². The Morgan fingerprint density at radius 3 is 2.76 bits per heavy atom. The van der Waals surface area contributed by atoms with E-state index in [-0.39, 0.29) is 23.5 Å². The number of thiazole rings is 1. The number of amides is 2. The van der Waals surface area contributed by atoms with Crippen molar-refractivity contribution in [1.29, 1.82) is 0 Å². The summed E-state index contributed by atoms with van der Waals surface area (Å²) in [7, 11) is 0. The number of hydrogen-bond acceptors (Lipinski definition) is 5. The van der Waals surface area contributed by atoms with E-state index >= 15 is 0 Å². The number of carbonyl (C=O) groups excluding carboxylic acids is 2. The highest BCUT2D eigenvalue weighted by molar-refractivity contribution is 7.09. The molecule has 2 aliphatic heterocycles. The number of nitrogens with one attached hydrogen (secondary N) is 1. The zero-order valence-electron chi connectivity index (χ0n) is 16.6. The lowest BCUT2D eigenvalue weighted by atomic mass is 9.93. The Hall–Kier alpha value is -2.32. The van der Waals surface area contributed by atoms with Gasteiger partial charge in [0.05, 0.1) is 12.2 Å². The Bertz CT molecular complexity index is 900. The lowest BCUT2D eigenvalue weighted by Crippen LogP contribution is -2.70. The Balaban J connectivity index is 1.41. The standard InChI is InChI=1S/C21H25FN4O2S/c1-3-13(2)19-21(28)26-9-8-25(10-17(26)20(27)24-19)11-18-23-16(12-29-18)14-4-6-15(22)7-5-14/h4-7,12-13,17,19H,3,8-11H2,1-2H3,(H,24,27)/t13-,17+,19-/m0/s1. The van der Waals surface area contributed by atoms with Crippen molar-refractivity contribution in [3.63, 3.8) is 0 Å². The number of halogens is 1. The van der Waals surface area contributed by atoms with Gasteiger partial charge in [0.2, 0.25) is 11.8 Å². The molecule has 2 amide bonds. The van der Waals surface area contributed by atoms with E-state index in [1.807, 2.05) is 19.2 Å². The molecular formula is C21H25FN4O2S. The maximum absolute atomic E-state index is 13.1. The van der Waals surface area contributed by atoms with Crippen molar-refractivity contribution in [2.24, 2.45) is 5.92 Å². The summed E-state index contributed by atoms with van der Waals surface area (Å²) in [6.07, 6.45) is 0.849. The zero-order valence-corrected chi connectivity index (χ0v) is 17.4. The average Bonchev–Trinajstić information content (AvgIpc) is 3.19. The van der Waals surface area contributed by atoms with Crippen molar-refractivity contribution in [3.8, 4) is 11.3 Å². The molecule has 2 aliphatic rings. The van der Waals surface area contributed by atoms with Crippen LogP contribution in [0.15, 0.2) is 29.6 Å². The molecule has 0 saturated carbocycles. The van der Waals surface area contributed by atoms with Gasteiger partial charge in [-0.15, -0.1) is 11.3 Å². The van der Waals surface area contributed by atoms with Crippen LogP contribution in [0, 0.1) is 11.7 Å². The molecule has 8 heteroatoms. The number of aromatic nitrogens is 1. The first kappa shape index (κ1) is 20.0. The predicted molar refractivity (Wildman–Crippen MR) is 110 cm³/mol. The Morgan fingerprint density at radius 2 is 2.03 bits per heavy atom. The van der Waals surface area contributed by atoms with Crippen molar-refractivity contribution in [1.82, 2.24) is 20.1 Å². The molecule has 3 heterocycles. The quantitative estimate of drug-likeness (QED) is 0.814. The van der Waals surface area contributed by atoms with Crippen LogP contribution in [0.4, 0.5) is 4.39 Å². The Morgan fingerprint density at radius 1 is 1.28 bits per heavy atom. The molecule has 1 N–H and O–H groups in total. The molecule has 0 spiro atoms. The molecule has 1 aromatic carbocycles. The molecule has 2 aromatic rings. The summed E-state index contributed by atoms with van der Waals surface area (Å²) >= 11 is 1.55. The highest BCUT2D eigenvalue weighted by Crippen LogP contribution is 2.25. The lowest BCUT2D eigenvalue weighted by molar-refractivity contribution is -0.154. The Kier molecular flexibility index (Phi) is 5.65. The van der Waals surface area contributed by atoms with Gasteiger partial charge in [0.1, 0.15) is 22.9 Å². The van der Waals surface area contributed by atoms with Crippen LogP contribution in [0.25, 0.3) is 11.3 Å². The second kappa shape index (κ2) is 8.20. The highest BCUT2D eigenvalue weighted by Gasteiger charge is 2.44. The number of rotatable bonds is 5. The van der Waals surface area contributed by atoms with Gasteiger partial charge in [-0.05, 0) is 30.2 Å². The maximum Gasteiger partial charge on any atom is 0.246 e. The van der Waals surface area contributed by atoms with Gasteiger partial charge in [-0.1, -0.05) is 20.3 Å². The van der Waals surface area contributed by atoms with Crippen molar-refractivity contribution < 1.29 is 14.0 Å². The van der Waals surface area contributed by atoms with E-state index in [4.69, 9.17) is 0 Å². The largest absolute Gasteiger partial charge is 0.342 e. The van der Waals surface area contributed by atoms with Crippen LogP contribution in [-0.2, 0) is 16.1 Å². The van der Waals surface area contributed by atoms with Crippen LogP contribution in [-0.4, -0.2) is 58.3 Å². The summed E-state index contributed by atoms with van der Waals surface area (Å²) in [6, 6.07) is 5.45. The third-order valence-electron chi connectivity index (χ3n) is 5.88. The second-order valence-electron chi connectivity index (χ2n) is 7.79. The van der Waals surface area contributed by atoms with Crippen LogP contribution in [0.3, 0.4) is 0 Å². The number of hydrogen-bond donors (Lipinski definition) is 1. The molecule has 2 fully saturated rings. The van der Waals surface area contributed by atoms with E-state index in [1.165, 1.54) is 12.1 Å². The molecule has 29 heavy (non-hydrogen) atoms. The smallest absolute Gasteiger partial charge is 0.246 e. The SMILES string of the molecule is CC[C@H](C)[C@@H]1NC(=O)[C@H]2CN(Cc3nc(-c4ccc(F)cc4)cs3)CCN2C1=O. The molecule has 0 bridgehead atoms. The van der Waals surface area contributed by atoms with Crippen LogP contribution in [0.5, 0.6) is 0 Å². The van der Waals surface area contributed by atoms with E-state index in [9.17, 15) is 14.0 Å². The third kappa shape index (κ3) is 4.04. The predicted octanol–water partition coefficient (Wildman–Crippen LogP) is 2.51. The van der Waals surface area contributed by atoms with E-state index in [0.29, 0.717) is 26.2 Å². The molecule has 1 aromatic heterocycles. The maximum atomic E-state index is 13.1. The lowest BCUT2D eigenvalue weighted by Gasteiger charge is -2.46. The molecule has 0 radical (unpaired) electrons. The van der Waals surface area contributed by atoms with Crippen molar-refractivity contribution in [2.45, 2.75) is 38.9 Å². The molecule has 2 saturated heterocycles. The first-order valence-electron chi connectivity index (χ1n) is 9.99. The van der Waals surface area contributed by atoms with Gasteiger partial charge in [0.25, 0.3) is 0 Å². The first-order valence-corrected chi connectivity index (χ1v) is 10.9. The van der Waals surface area contributed by atoms with Crippen LogP contribution >= 0.6 is 11.3 Å². The van der Waals surface area contributed by atoms with Crippen molar-refractivity contribution >= 4 is 23.2 Å². The molecule has 154 valence electrons. The fourth-order valence-corrected chi connectivity index (χ4v) is 4.76. The van der Waals surface area contributed by atoms with E-state index in [1.54, 1.807) is 28.4 Å². The summed E-state index contributed by atoms with van der Waals surface area (Å²) in [4.78, 5) is 34.0. The van der Waals surface area contributed by atoms with Gasteiger partial charge in [0.15, 0.2) is 0 Å². The minimum absolute atomic E-state index is 0.0384. The first-order chi connectivity index (χ1) is 14.0. The van der Waals surface area contributed by atoms with E-state index < -0.39 is 12.1 Å².